The van der Waals surface area contributed by atoms with Crippen molar-refractivity contribution in [3.8, 4) is 0 Å². The molecule has 1 rings (SSSR count). The van der Waals surface area contributed by atoms with Gasteiger partial charge < -0.3 is 24.4 Å². The van der Waals surface area contributed by atoms with Crippen molar-refractivity contribution in [1.29, 1.82) is 0 Å². The number of ether oxygens (including phenoxy) is 3. The Balaban J connectivity index is 2.94. The largest absolute Gasteiger partial charge is 0.480 e. The van der Waals surface area contributed by atoms with Crippen LogP contribution in [0.3, 0.4) is 0 Å². The van der Waals surface area contributed by atoms with Gasteiger partial charge in [0, 0.05) is 18.4 Å². The molecule has 1 aliphatic rings. The minimum Gasteiger partial charge on any atom is -0.480 e. The third-order valence-electron chi connectivity index (χ3n) is 4.91. The number of aliphatic carboxylic acids is 1. The maximum absolute atomic E-state index is 10.7. The molecule has 0 aromatic carbocycles. The Hall–Kier alpha value is -0.690. The van der Waals surface area contributed by atoms with Crippen LogP contribution in [0.4, 0.5) is 0 Å². The molecule has 0 aliphatic carbocycles. The van der Waals surface area contributed by atoms with Crippen LogP contribution in [0.25, 0.3) is 0 Å². The van der Waals surface area contributed by atoms with Crippen molar-refractivity contribution >= 4 is 5.97 Å². The van der Waals surface area contributed by atoms with E-state index in [0.29, 0.717) is 6.61 Å². The van der Waals surface area contributed by atoms with Gasteiger partial charge in [-0.25, -0.2) is 4.79 Å². The van der Waals surface area contributed by atoms with Crippen LogP contribution in [-0.4, -0.2) is 60.9 Å². The van der Waals surface area contributed by atoms with E-state index in [-0.39, 0.29) is 19.1 Å². The van der Waals surface area contributed by atoms with E-state index in [1.54, 1.807) is 7.11 Å². The molecule has 6 heteroatoms. The summed E-state index contributed by atoms with van der Waals surface area (Å²) in [6, 6.07) is 0. The van der Waals surface area contributed by atoms with Crippen LogP contribution in [0.5, 0.6) is 0 Å². The highest BCUT2D eigenvalue weighted by molar-refractivity contribution is 5.67. The van der Waals surface area contributed by atoms with Crippen LogP contribution in [-0.2, 0) is 19.0 Å². The van der Waals surface area contributed by atoms with Gasteiger partial charge in [0.2, 0.25) is 0 Å². The van der Waals surface area contributed by atoms with E-state index in [9.17, 15) is 9.90 Å². The van der Waals surface area contributed by atoms with Crippen LogP contribution in [0, 0.1) is 11.3 Å². The summed E-state index contributed by atoms with van der Waals surface area (Å²) in [5.74, 6) is -1.08. The average Bonchev–Trinajstić information content (AvgIpc) is 2.42. The Kier molecular flexibility index (Phi) is 6.16. The molecule has 2 N–H and O–H groups in total. The first-order chi connectivity index (χ1) is 9.71. The molecular weight excluding hydrogens is 276 g/mol. The third-order valence-corrected chi connectivity index (χ3v) is 4.91. The van der Waals surface area contributed by atoms with Crippen molar-refractivity contribution in [2.45, 2.75) is 51.9 Å². The first-order valence-electron chi connectivity index (χ1n) is 7.35. The lowest BCUT2D eigenvalue weighted by Crippen LogP contribution is -2.63. The van der Waals surface area contributed by atoms with Crippen molar-refractivity contribution in [2.75, 3.05) is 26.9 Å². The SMILES string of the molecule is CCC1(C)OC(COCC(=O)O)C(C)(COC)C(O)C1C. The number of hydrogen-bond donors (Lipinski definition) is 2. The smallest absolute Gasteiger partial charge is 0.329 e. The predicted octanol–water partition coefficient (Wildman–Crippen LogP) is 1.30. The first kappa shape index (κ1) is 18.4. The zero-order valence-corrected chi connectivity index (χ0v) is 13.6. The van der Waals surface area contributed by atoms with Gasteiger partial charge in [-0.1, -0.05) is 20.8 Å². The summed E-state index contributed by atoms with van der Waals surface area (Å²) in [4.78, 5) is 10.6. The molecule has 0 amide bonds. The summed E-state index contributed by atoms with van der Waals surface area (Å²) < 4.78 is 16.7. The van der Waals surface area contributed by atoms with Crippen LogP contribution < -0.4 is 0 Å². The van der Waals surface area contributed by atoms with Crippen molar-refractivity contribution in [3.05, 3.63) is 0 Å². The fraction of sp³-hybridized carbons (Fsp3) is 0.933. The maximum Gasteiger partial charge on any atom is 0.329 e. The molecular formula is C15H28O6. The van der Waals surface area contributed by atoms with E-state index >= 15 is 0 Å². The fourth-order valence-electron chi connectivity index (χ4n) is 3.03. The summed E-state index contributed by atoms with van der Waals surface area (Å²) in [5.41, 5.74) is -1.11. The second-order valence-electron chi connectivity index (χ2n) is 6.35. The van der Waals surface area contributed by atoms with Gasteiger partial charge in [-0.15, -0.1) is 0 Å². The van der Waals surface area contributed by atoms with E-state index < -0.39 is 29.2 Å². The molecule has 0 radical (unpaired) electrons. The van der Waals surface area contributed by atoms with E-state index in [1.807, 2.05) is 27.7 Å². The van der Waals surface area contributed by atoms with Crippen molar-refractivity contribution in [1.82, 2.24) is 0 Å². The Morgan fingerprint density at radius 2 is 2.00 bits per heavy atom. The number of hydrogen-bond acceptors (Lipinski definition) is 5. The van der Waals surface area contributed by atoms with E-state index in [2.05, 4.69) is 0 Å². The molecule has 0 spiro atoms. The molecule has 6 nitrogen and oxygen atoms in total. The number of carboxylic acid groups (broad SMARTS) is 1. The number of carbonyl (C=O) groups is 1. The maximum atomic E-state index is 10.7. The summed E-state index contributed by atoms with van der Waals surface area (Å²) in [7, 11) is 1.57. The molecule has 1 fully saturated rings. The van der Waals surface area contributed by atoms with E-state index in [4.69, 9.17) is 19.3 Å². The molecule has 0 bridgehead atoms. The lowest BCUT2D eigenvalue weighted by atomic mass is 9.66. The second-order valence-corrected chi connectivity index (χ2v) is 6.35. The van der Waals surface area contributed by atoms with E-state index in [1.165, 1.54) is 0 Å². The zero-order chi connectivity index (χ0) is 16.3. The van der Waals surface area contributed by atoms with Crippen LogP contribution in [0.1, 0.15) is 34.1 Å². The molecule has 0 aromatic rings. The minimum atomic E-state index is -1.02. The highest BCUT2D eigenvalue weighted by Gasteiger charge is 2.55. The average molecular weight is 304 g/mol. The molecule has 124 valence electrons. The van der Waals surface area contributed by atoms with Crippen LogP contribution in [0.2, 0.25) is 0 Å². The minimum absolute atomic E-state index is 0.0571. The Bertz CT molecular complexity index is 360. The van der Waals surface area contributed by atoms with E-state index in [0.717, 1.165) is 6.42 Å². The molecule has 5 unspecified atom stereocenters. The number of rotatable bonds is 7. The van der Waals surface area contributed by atoms with Gasteiger partial charge in [0.25, 0.3) is 0 Å². The monoisotopic (exact) mass is 304 g/mol. The normalized spacial score (nSPS) is 40.2. The predicted molar refractivity (Wildman–Crippen MR) is 77.2 cm³/mol. The van der Waals surface area contributed by atoms with Crippen LogP contribution >= 0.6 is 0 Å². The van der Waals surface area contributed by atoms with Crippen molar-refractivity contribution in [2.24, 2.45) is 11.3 Å². The summed E-state index contributed by atoms with van der Waals surface area (Å²) >= 11 is 0. The lowest BCUT2D eigenvalue weighted by molar-refractivity contribution is -0.272. The molecule has 0 aromatic heterocycles. The number of aliphatic hydroxyl groups is 1. The number of methoxy groups -OCH3 is 1. The molecule has 1 aliphatic heterocycles. The second kappa shape index (κ2) is 7.05. The molecule has 0 saturated carbocycles. The van der Waals surface area contributed by atoms with Crippen molar-refractivity contribution < 1.29 is 29.2 Å². The fourth-order valence-corrected chi connectivity index (χ4v) is 3.03. The Morgan fingerprint density at radius 3 is 2.48 bits per heavy atom. The van der Waals surface area contributed by atoms with Gasteiger partial charge in [-0.2, -0.15) is 0 Å². The van der Waals surface area contributed by atoms with Gasteiger partial charge in [0.15, 0.2) is 0 Å². The van der Waals surface area contributed by atoms with Crippen molar-refractivity contribution in [3.63, 3.8) is 0 Å². The Morgan fingerprint density at radius 1 is 1.38 bits per heavy atom. The molecule has 1 saturated heterocycles. The topological polar surface area (TPSA) is 85.2 Å². The molecule has 1 heterocycles. The summed E-state index contributed by atoms with van der Waals surface area (Å²) in [6.07, 6.45) is -0.286. The van der Waals surface area contributed by atoms with Gasteiger partial charge in [0.05, 0.1) is 31.0 Å². The Labute approximate surface area is 126 Å². The highest BCUT2D eigenvalue weighted by atomic mass is 16.6. The van der Waals surface area contributed by atoms with Gasteiger partial charge in [-0.05, 0) is 13.3 Å². The van der Waals surface area contributed by atoms with Crippen LogP contribution in [0.15, 0.2) is 0 Å². The number of aliphatic hydroxyl groups excluding tert-OH is 1. The first-order valence-corrected chi connectivity index (χ1v) is 7.35. The standard InChI is InChI=1S/C15H28O6/c1-6-15(4)10(2)13(18)14(3,9-19-5)11(21-15)7-20-8-12(16)17/h10-11,13,18H,6-9H2,1-5H3,(H,16,17). The summed E-state index contributed by atoms with van der Waals surface area (Å²) in [6.45, 7) is 7.90. The van der Waals surface area contributed by atoms with Gasteiger partial charge in [-0.3, -0.25) is 0 Å². The zero-order valence-electron chi connectivity index (χ0n) is 13.6. The number of carboxylic acids is 1. The third kappa shape index (κ3) is 3.74. The van der Waals surface area contributed by atoms with Gasteiger partial charge >= 0.3 is 5.97 Å². The quantitative estimate of drug-likeness (QED) is 0.737. The van der Waals surface area contributed by atoms with Gasteiger partial charge in [0.1, 0.15) is 6.61 Å². The highest BCUT2D eigenvalue weighted by Crippen LogP contribution is 2.46. The lowest BCUT2D eigenvalue weighted by Gasteiger charge is -2.55. The molecule has 5 atom stereocenters. The molecule has 21 heavy (non-hydrogen) atoms. The summed E-state index contributed by atoms with van der Waals surface area (Å²) in [5, 5.41) is 19.4.